The molecule has 0 saturated carbocycles. The predicted molar refractivity (Wildman–Crippen MR) is 87.0 cm³/mol. The summed E-state index contributed by atoms with van der Waals surface area (Å²) in [5, 5.41) is 3.33. The number of aryl methyl sites for hydroxylation is 1. The van der Waals surface area contributed by atoms with E-state index in [1.165, 1.54) is 5.01 Å². The van der Waals surface area contributed by atoms with Crippen molar-refractivity contribution >= 4 is 17.2 Å². The van der Waals surface area contributed by atoms with Gasteiger partial charge < -0.3 is 9.47 Å². The van der Waals surface area contributed by atoms with Crippen molar-refractivity contribution in [2.45, 2.75) is 45.1 Å². The first-order chi connectivity index (χ1) is 10.7. The molecule has 6 heteroatoms. The largest absolute Gasteiger partial charge is 0.340 e. The van der Waals surface area contributed by atoms with Crippen LogP contribution in [0.15, 0.2) is 24.1 Å². The highest BCUT2D eigenvalue weighted by atomic mass is 32.1. The van der Waals surface area contributed by atoms with Crippen molar-refractivity contribution in [3.63, 3.8) is 0 Å². The van der Waals surface area contributed by atoms with E-state index >= 15 is 0 Å². The Morgan fingerprint density at radius 1 is 1.55 bits per heavy atom. The third kappa shape index (κ3) is 3.06. The summed E-state index contributed by atoms with van der Waals surface area (Å²) in [6, 6.07) is -0.191. The van der Waals surface area contributed by atoms with Crippen LogP contribution in [0.25, 0.3) is 0 Å². The van der Waals surface area contributed by atoms with Gasteiger partial charge in [-0.25, -0.2) is 9.97 Å². The Balaban J connectivity index is 1.68. The maximum Gasteiger partial charge on any atom is 0.245 e. The molecule has 3 heterocycles. The topological polar surface area (TPSA) is 51.0 Å². The molecule has 0 bridgehead atoms. The second-order valence-corrected chi connectivity index (χ2v) is 6.73. The fourth-order valence-corrected chi connectivity index (χ4v) is 3.97. The first-order valence-corrected chi connectivity index (χ1v) is 8.77. The summed E-state index contributed by atoms with van der Waals surface area (Å²) in [7, 11) is 0. The second kappa shape index (κ2) is 6.60. The molecule has 1 aliphatic rings. The molecule has 0 N–H and O–H groups in total. The zero-order valence-electron chi connectivity index (χ0n) is 13.1. The molecule has 1 fully saturated rings. The van der Waals surface area contributed by atoms with Crippen molar-refractivity contribution in [1.29, 1.82) is 0 Å². The summed E-state index contributed by atoms with van der Waals surface area (Å²) in [5.41, 5.74) is 1.16. The van der Waals surface area contributed by atoms with E-state index in [4.69, 9.17) is 4.98 Å². The van der Waals surface area contributed by atoms with Crippen LogP contribution in [-0.2, 0) is 11.2 Å². The van der Waals surface area contributed by atoms with Crippen LogP contribution < -0.4 is 0 Å². The average molecular weight is 318 g/mol. The third-order valence-corrected chi connectivity index (χ3v) is 5.40. The van der Waals surface area contributed by atoms with Crippen molar-refractivity contribution in [3.8, 4) is 0 Å². The molecule has 118 valence electrons. The van der Waals surface area contributed by atoms with Crippen LogP contribution >= 0.6 is 11.3 Å². The Morgan fingerprint density at radius 3 is 3.09 bits per heavy atom. The number of nitrogens with zero attached hydrogens (tertiary/aromatic N) is 4. The number of hydrogen-bond acceptors (Lipinski definition) is 4. The smallest absolute Gasteiger partial charge is 0.245 e. The van der Waals surface area contributed by atoms with Crippen molar-refractivity contribution < 1.29 is 4.79 Å². The number of imidazole rings is 1. The van der Waals surface area contributed by atoms with Gasteiger partial charge in [0, 0.05) is 36.8 Å². The molecule has 1 amide bonds. The molecule has 22 heavy (non-hydrogen) atoms. The minimum Gasteiger partial charge on any atom is -0.340 e. The molecule has 0 aromatic carbocycles. The molecular formula is C16H22N4OS. The van der Waals surface area contributed by atoms with E-state index in [-0.39, 0.29) is 11.9 Å². The van der Waals surface area contributed by atoms with Crippen molar-refractivity contribution in [2.24, 2.45) is 0 Å². The summed E-state index contributed by atoms with van der Waals surface area (Å²) in [6.45, 7) is 5.70. The number of piperidine rings is 1. The maximum absolute atomic E-state index is 12.7. The van der Waals surface area contributed by atoms with Crippen LogP contribution in [0.2, 0.25) is 0 Å². The van der Waals surface area contributed by atoms with Gasteiger partial charge in [0.05, 0.1) is 17.0 Å². The lowest BCUT2D eigenvalue weighted by Crippen LogP contribution is -2.42. The highest BCUT2D eigenvalue weighted by Gasteiger charge is 2.29. The summed E-state index contributed by atoms with van der Waals surface area (Å²) < 4.78 is 1.87. The summed E-state index contributed by atoms with van der Waals surface area (Å²) >= 11 is 1.74. The highest BCUT2D eigenvalue weighted by molar-refractivity contribution is 7.09. The molecule has 2 atom stereocenters. The minimum atomic E-state index is -0.191. The van der Waals surface area contributed by atoms with E-state index in [9.17, 15) is 4.79 Å². The van der Waals surface area contributed by atoms with E-state index < -0.39 is 0 Å². The van der Waals surface area contributed by atoms with Crippen LogP contribution in [-0.4, -0.2) is 38.4 Å². The van der Waals surface area contributed by atoms with Gasteiger partial charge in [0.25, 0.3) is 0 Å². The summed E-state index contributed by atoms with van der Waals surface area (Å²) in [5.74, 6) is 0.563. The number of carbonyl (C=O) groups excluding carboxylic acids is 1. The molecule has 1 saturated heterocycles. The number of aromatic nitrogens is 3. The zero-order valence-corrected chi connectivity index (χ0v) is 13.9. The fraction of sp³-hybridized carbons (Fsp3) is 0.562. The Bertz CT molecular complexity index is 622. The highest BCUT2D eigenvalue weighted by Crippen LogP contribution is 2.30. The molecule has 3 rings (SSSR count). The van der Waals surface area contributed by atoms with E-state index in [1.807, 2.05) is 22.6 Å². The number of carbonyl (C=O) groups is 1. The van der Waals surface area contributed by atoms with Crippen molar-refractivity contribution in [2.75, 3.05) is 13.1 Å². The van der Waals surface area contributed by atoms with Gasteiger partial charge in [-0.3, -0.25) is 4.79 Å². The predicted octanol–water partition coefficient (Wildman–Crippen LogP) is 2.87. The van der Waals surface area contributed by atoms with Gasteiger partial charge in [-0.2, -0.15) is 0 Å². The molecular weight excluding hydrogens is 296 g/mol. The number of hydrogen-bond donors (Lipinski definition) is 0. The second-order valence-electron chi connectivity index (χ2n) is 5.84. The zero-order chi connectivity index (χ0) is 15.5. The number of amides is 1. The van der Waals surface area contributed by atoms with Crippen LogP contribution in [0.3, 0.4) is 0 Å². The Hall–Kier alpha value is -1.69. The molecule has 2 aromatic rings. The fourth-order valence-electron chi connectivity index (χ4n) is 2.94. The number of likely N-dealkylation sites (tertiary alicyclic amines) is 1. The van der Waals surface area contributed by atoms with Gasteiger partial charge in [0.2, 0.25) is 5.91 Å². The van der Waals surface area contributed by atoms with Crippen LogP contribution in [0.5, 0.6) is 0 Å². The quantitative estimate of drug-likeness (QED) is 0.871. The molecule has 1 aliphatic heterocycles. The molecule has 0 aliphatic carbocycles. The summed E-state index contributed by atoms with van der Waals surface area (Å²) in [6.07, 6.45) is 8.42. The van der Waals surface area contributed by atoms with E-state index in [0.29, 0.717) is 5.92 Å². The Morgan fingerprint density at radius 2 is 2.41 bits per heavy atom. The normalized spacial score (nSPS) is 20.1. The van der Waals surface area contributed by atoms with Gasteiger partial charge >= 0.3 is 0 Å². The minimum absolute atomic E-state index is 0.176. The first kappa shape index (κ1) is 15.2. The standard InChI is InChI=1S/C16H22N4OS/c1-3-14-10-22-15(18-14)13-5-4-7-19(9-13)16(21)12(2)20-8-6-17-11-20/h6,8,10-13H,3-5,7,9H2,1-2H3/t12-,13-/m0/s1. The van der Waals surface area contributed by atoms with Crippen LogP contribution in [0.1, 0.15) is 49.4 Å². The van der Waals surface area contributed by atoms with E-state index in [1.54, 1.807) is 23.9 Å². The monoisotopic (exact) mass is 318 g/mol. The van der Waals surface area contributed by atoms with Gasteiger partial charge in [-0.15, -0.1) is 11.3 Å². The molecule has 2 aromatic heterocycles. The molecule has 0 spiro atoms. The molecule has 0 unspecified atom stereocenters. The van der Waals surface area contributed by atoms with Crippen LogP contribution in [0, 0.1) is 0 Å². The lowest BCUT2D eigenvalue weighted by molar-refractivity contribution is -0.135. The van der Waals surface area contributed by atoms with E-state index in [2.05, 4.69) is 17.3 Å². The van der Waals surface area contributed by atoms with E-state index in [0.717, 1.165) is 38.0 Å². The summed E-state index contributed by atoms with van der Waals surface area (Å²) in [4.78, 5) is 23.4. The first-order valence-electron chi connectivity index (χ1n) is 7.89. The average Bonchev–Trinajstić information content (AvgIpc) is 3.24. The Labute approximate surface area is 135 Å². The lowest BCUT2D eigenvalue weighted by atomic mass is 9.98. The molecule has 5 nitrogen and oxygen atoms in total. The van der Waals surface area contributed by atoms with Gasteiger partial charge in [-0.05, 0) is 26.2 Å². The number of rotatable bonds is 4. The van der Waals surface area contributed by atoms with Gasteiger partial charge in [0.15, 0.2) is 0 Å². The van der Waals surface area contributed by atoms with Crippen LogP contribution in [0.4, 0.5) is 0 Å². The van der Waals surface area contributed by atoms with Gasteiger partial charge in [-0.1, -0.05) is 6.92 Å². The van der Waals surface area contributed by atoms with Crippen molar-refractivity contribution in [1.82, 2.24) is 19.4 Å². The van der Waals surface area contributed by atoms with Gasteiger partial charge in [0.1, 0.15) is 6.04 Å². The third-order valence-electron chi connectivity index (χ3n) is 4.34. The SMILES string of the molecule is CCc1csc([C@H]2CCCN(C(=O)[C@H](C)n3ccnc3)C2)n1. The van der Waals surface area contributed by atoms with Crippen molar-refractivity contribution in [3.05, 3.63) is 34.8 Å². The lowest BCUT2D eigenvalue weighted by Gasteiger charge is -2.33. The molecule has 0 radical (unpaired) electrons. The number of thiazole rings is 1. The maximum atomic E-state index is 12.7. The Kier molecular flexibility index (Phi) is 4.57.